The van der Waals surface area contributed by atoms with E-state index in [1.807, 2.05) is 24.3 Å². The summed E-state index contributed by atoms with van der Waals surface area (Å²) in [7, 11) is 0. The second-order valence-corrected chi connectivity index (χ2v) is 5.49. The van der Waals surface area contributed by atoms with Crippen molar-refractivity contribution < 1.29 is 10.1 Å². The minimum atomic E-state index is 0.275. The van der Waals surface area contributed by atoms with Crippen LogP contribution in [0.3, 0.4) is 0 Å². The molecule has 0 saturated carbocycles. The van der Waals surface area contributed by atoms with Crippen molar-refractivity contribution in [3.63, 3.8) is 0 Å². The Morgan fingerprint density at radius 2 is 1.93 bits per heavy atom. The molecule has 0 fully saturated rings. The average Bonchev–Trinajstić information content (AvgIpc) is 2.13. The van der Waals surface area contributed by atoms with Gasteiger partial charge >= 0.3 is 0 Å². The van der Waals surface area contributed by atoms with Crippen LogP contribution < -0.4 is 10.1 Å². The van der Waals surface area contributed by atoms with Crippen LogP contribution in [0.4, 0.5) is 0 Å². The quantitative estimate of drug-likeness (QED) is 0.836. The summed E-state index contributed by atoms with van der Waals surface area (Å²) in [6.45, 7) is 8.31. The van der Waals surface area contributed by atoms with Crippen molar-refractivity contribution in [3.8, 4) is 5.75 Å². The van der Waals surface area contributed by atoms with Crippen LogP contribution in [0.5, 0.6) is 5.75 Å². The van der Waals surface area contributed by atoms with Crippen molar-refractivity contribution in [2.24, 2.45) is 0 Å². The normalized spacial score (nSPS) is 11.5. The first-order valence-electron chi connectivity index (χ1n) is 5.21. The molecule has 0 aromatic heterocycles. The highest BCUT2D eigenvalue weighted by Gasteiger charge is 2.12. The summed E-state index contributed by atoms with van der Waals surface area (Å²) in [6.07, 6.45) is 0. The zero-order valence-corrected chi connectivity index (χ0v) is 11.2. The Morgan fingerprint density at radius 1 is 1.27 bits per heavy atom. The summed E-state index contributed by atoms with van der Waals surface area (Å²) < 4.78 is 6.67. The standard InChI is InChI=1S/C12H18BrNO/c1-12(2,3)14-8-9-15-11-7-5-4-6-10(11)13/h4-7,14H,8-9H2,1-3H3/p+1. The Morgan fingerprint density at radius 3 is 2.53 bits per heavy atom. The van der Waals surface area contributed by atoms with Crippen LogP contribution in [0.25, 0.3) is 0 Å². The third-order valence-electron chi connectivity index (χ3n) is 1.97. The number of para-hydroxylation sites is 1. The van der Waals surface area contributed by atoms with Crippen LogP contribution in [0, 0.1) is 0 Å². The molecule has 3 heteroatoms. The lowest BCUT2D eigenvalue weighted by atomic mass is 10.1. The van der Waals surface area contributed by atoms with E-state index in [0.717, 1.165) is 23.4 Å². The Hall–Kier alpha value is -0.540. The highest BCUT2D eigenvalue weighted by atomic mass is 79.9. The molecule has 0 spiro atoms. The smallest absolute Gasteiger partial charge is 0.137 e. The number of halogens is 1. The topological polar surface area (TPSA) is 25.8 Å². The maximum atomic E-state index is 5.65. The van der Waals surface area contributed by atoms with E-state index >= 15 is 0 Å². The molecule has 0 atom stereocenters. The van der Waals surface area contributed by atoms with E-state index in [-0.39, 0.29) is 5.54 Å². The Balaban J connectivity index is 2.30. The fourth-order valence-electron chi connectivity index (χ4n) is 1.22. The van der Waals surface area contributed by atoms with Gasteiger partial charge < -0.3 is 10.1 Å². The molecule has 1 aromatic rings. The molecule has 0 heterocycles. The number of nitrogens with two attached hydrogens (primary N) is 1. The molecule has 0 aliphatic heterocycles. The van der Waals surface area contributed by atoms with Gasteiger partial charge in [-0.25, -0.2) is 0 Å². The fourth-order valence-corrected chi connectivity index (χ4v) is 1.62. The lowest BCUT2D eigenvalue weighted by Crippen LogP contribution is -2.95. The maximum absolute atomic E-state index is 5.65. The first kappa shape index (κ1) is 12.5. The van der Waals surface area contributed by atoms with Crippen molar-refractivity contribution in [2.75, 3.05) is 13.2 Å². The molecular weight excluding hydrogens is 254 g/mol. The van der Waals surface area contributed by atoms with Gasteiger partial charge in [-0.3, -0.25) is 0 Å². The van der Waals surface area contributed by atoms with Gasteiger partial charge in [-0.15, -0.1) is 0 Å². The minimum Gasteiger partial charge on any atom is -0.487 e. The largest absolute Gasteiger partial charge is 0.487 e. The summed E-state index contributed by atoms with van der Waals surface area (Å²) >= 11 is 3.45. The first-order valence-corrected chi connectivity index (χ1v) is 6.00. The molecule has 0 saturated heterocycles. The maximum Gasteiger partial charge on any atom is 0.137 e. The van der Waals surface area contributed by atoms with Crippen molar-refractivity contribution in [2.45, 2.75) is 26.3 Å². The van der Waals surface area contributed by atoms with Gasteiger partial charge in [-0.2, -0.15) is 0 Å². The molecule has 15 heavy (non-hydrogen) atoms. The Kier molecular flexibility index (Phi) is 4.61. The van der Waals surface area contributed by atoms with Crippen molar-refractivity contribution in [3.05, 3.63) is 28.7 Å². The predicted molar refractivity (Wildman–Crippen MR) is 66.2 cm³/mol. The van der Waals surface area contributed by atoms with E-state index in [1.165, 1.54) is 0 Å². The molecule has 2 nitrogen and oxygen atoms in total. The summed E-state index contributed by atoms with van der Waals surface area (Å²) in [5.41, 5.74) is 0.275. The summed E-state index contributed by atoms with van der Waals surface area (Å²) in [4.78, 5) is 0. The second kappa shape index (κ2) is 5.52. The van der Waals surface area contributed by atoms with Crippen LogP contribution in [-0.2, 0) is 0 Å². The molecule has 0 radical (unpaired) electrons. The number of quaternary nitrogens is 1. The van der Waals surface area contributed by atoms with Gasteiger partial charge in [-0.05, 0) is 48.8 Å². The van der Waals surface area contributed by atoms with E-state index in [4.69, 9.17) is 4.74 Å². The van der Waals surface area contributed by atoms with Crippen molar-refractivity contribution >= 4 is 15.9 Å². The van der Waals surface area contributed by atoms with Crippen LogP contribution in [0.15, 0.2) is 28.7 Å². The van der Waals surface area contributed by atoms with E-state index in [1.54, 1.807) is 0 Å². The molecule has 84 valence electrons. The molecule has 0 aliphatic rings. The lowest BCUT2D eigenvalue weighted by molar-refractivity contribution is -0.717. The fraction of sp³-hybridized carbons (Fsp3) is 0.500. The number of hydrogen-bond donors (Lipinski definition) is 1. The zero-order valence-electron chi connectivity index (χ0n) is 9.59. The van der Waals surface area contributed by atoms with Crippen LogP contribution in [0.1, 0.15) is 20.8 Å². The molecule has 0 aliphatic carbocycles. The third kappa shape index (κ3) is 5.19. The van der Waals surface area contributed by atoms with Crippen molar-refractivity contribution in [1.82, 2.24) is 0 Å². The number of rotatable bonds is 4. The molecule has 0 bridgehead atoms. The molecular formula is C12H19BrNO+. The van der Waals surface area contributed by atoms with E-state index in [0.29, 0.717) is 0 Å². The monoisotopic (exact) mass is 272 g/mol. The minimum absolute atomic E-state index is 0.275. The molecule has 2 N–H and O–H groups in total. The first-order chi connectivity index (χ1) is 6.99. The number of ether oxygens (including phenoxy) is 1. The average molecular weight is 273 g/mol. The molecule has 1 aromatic carbocycles. The van der Waals surface area contributed by atoms with Crippen LogP contribution in [-0.4, -0.2) is 18.7 Å². The van der Waals surface area contributed by atoms with E-state index in [9.17, 15) is 0 Å². The van der Waals surface area contributed by atoms with Gasteiger partial charge in [0.15, 0.2) is 0 Å². The molecule has 1 rings (SSSR count). The van der Waals surface area contributed by atoms with E-state index < -0.39 is 0 Å². The highest BCUT2D eigenvalue weighted by molar-refractivity contribution is 9.10. The molecule has 0 amide bonds. The number of benzene rings is 1. The zero-order chi connectivity index (χ0) is 11.3. The number of hydrogen-bond acceptors (Lipinski definition) is 1. The SMILES string of the molecule is CC(C)(C)[NH2+]CCOc1ccccc1Br. The second-order valence-electron chi connectivity index (χ2n) is 4.64. The van der Waals surface area contributed by atoms with Gasteiger partial charge in [-0.1, -0.05) is 12.1 Å². The van der Waals surface area contributed by atoms with Gasteiger partial charge in [0, 0.05) is 0 Å². The van der Waals surface area contributed by atoms with Gasteiger partial charge in [0.25, 0.3) is 0 Å². The summed E-state index contributed by atoms with van der Waals surface area (Å²) in [5, 5.41) is 2.28. The molecule has 0 unspecified atom stereocenters. The predicted octanol–water partition coefficient (Wildman–Crippen LogP) is 2.19. The highest BCUT2D eigenvalue weighted by Crippen LogP contribution is 2.23. The van der Waals surface area contributed by atoms with Gasteiger partial charge in [0.2, 0.25) is 0 Å². The van der Waals surface area contributed by atoms with Crippen LogP contribution in [0.2, 0.25) is 0 Å². The van der Waals surface area contributed by atoms with Gasteiger partial charge in [0.05, 0.1) is 10.0 Å². The van der Waals surface area contributed by atoms with Gasteiger partial charge in [0.1, 0.15) is 18.9 Å². The Labute approximate surface area is 100 Å². The lowest BCUT2D eigenvalue weighted by Gasteiger charge is -2.17. The third-order valence-corrected chi connectivity index (χ3v) is 2.62. The van der Waals surface area contributed by atoms with Crippen molar-refractivity contribution in [1.29, 1.82) is 0 Å². The Bertz CT molecular complexity index is 307. The van der Waals surface area contributed by atoms with E-state index in [2.05, 4.69) is 42.0 Å². The summed E-state index contributed by atoms with van der Waals surface area (Å²) in [5.74, 6) is 0.916. The van der Waals surface area contributed by atoms with Crippen LogP contribution >= 0.6 is 15.9 Å². The summed E-state index contributed by atoms with van der Waals surface area (Å²) in [6, 6.07) is 7.93.